The molecule has 4 rings (SSSR count). The molecule has 6 heteroatoms. The summed E-state index contributed by atoms with van der Waals surface area (Å²) in [5.74, 6) is 0.956. The van der Waals surface area contributed by atoms with Crippen molar-refractivity contribution in [2.45, 2.75) is 45.1 Å². The molecule has 2 aliphatic rings. The Labute approximate surface area is 140 Å². The van der Waals surface area contributed by atoms with E-state index in [1.807, 2.05) is 9.58 Å². The van der Waals surface area contributed by atoms with Crippen LogP contribution in [-0.2, 0) is 12.8 Å². The summed E-state index contributed by atoms with van der Waals surface area (Å²) < 4.78 is 1.89. The topological polar surface area (TPSA) is 51.0 Å². The Morgan fingerprint density at radius 3 is 3.13 bits per heavy atom. The first-order chi connectivity index (χ1) is 11.2. The molecule has 2 aromatic rings. The van der Waals surface area contributed by atoms with Crippen LogP contribution in [0.15, 0.2) is 18.0 Å². The summed E-state index contributed by atoms with van der Waals surface area (Å²) in [6, 6.07) is 0.254. The number of carbonyl (C=O) groups excluding carboxylic acids is 1. The number of carbonyl (C=O) groups is 1. The Bertz CT molecular complexity index is 694. The Morgan fingerprint density at radius 1 is 1.39 bits per heavy atom. The predicted octanol–water partition coefficient (Wildman–Crippen LogP) is 2.94. The molecule has 1 aliphatic carbocycles. The minimum Gasteiger partial charge on any atom is -0.336 e. The van der Waals surface area contributed by atoms with Crippen LogP contribution in [0.2, 0.25) is 0 Å². The molecule has 1 saturated heterocycles. The van der Waals surface area contributed by atoms with Crippen molar-refractivity contribution < 1.29 is 4.79 Å². The highest BCUT2D eigenvalue weighted by molar-refractivity contribution is 7.10. The fourth-order valence-electron chi connectivity index (χ4n) is 3.79. The molecule has 0 spiro atoms. The van der Waals surface area contributed by atoms with E-state index in [-0.39, 0.29) is 11.9 Å². The van der Waals surface area contributed by atoms with Gasteiger partial charge in [-0.1, -0.05) is 6.92 Å². The van der Waals surface area contributed by atoms with E-state index in [0.717, 1.165) is 50.3 Å². The van der Waals surface area contributed by atoms with Gasteiger partial charge in [0.2, 0.25) is 0 Å². The molecule has 2 aromatic heterocycles. The quantitative estimate of drug-likeness (QED) is 0.851. The molecule has 0 N–H and O–H groups in total. The van der Waals surface area contributed by atoms with Crippen molar-refractivity contribution in [3.63, 3.8) is 0 Å². The molecule has 2 atom stereocenters. The number of likely N-dealkylation sites (tertiary alicyclic amines) is 1. The maximum Gasteiger partial charge on any atom is 0.255 e. The normalized spacial score (nSPS) is 24.5. The highest BCUT2D eigenvalue weighted by Crippen LogP contribution is 2.34. The molecule has 23 heavy (non-hydrogen) atoms. The van der Waals surface area contributed by atoms with Crippen molar-refractivity contribution >= 4 is 17.2 Å². The molecule has 5 nitrogen and oxygen atoms in total. The largest absolute Gasteiger partial charge is 0.336 e. The number of hydrogen-bond donors (Lipinski definition) is 0. The van der Waals surface area contributed by atoms with Crippen molar-refractivity contribution in [1.82, 2.24) is 19.7 Å². The molecule has 0 unspecified atom stereocenters. The van der Waals surface area contributed by atoms with Gasteiger partial charge in [-0.2, -0.15) is 5.10 Å². The highest BCUT2D eigenvalue weighted by atomic mass is 32.1. The Kier molecular flexibility index (Phi) is 3.93. The summed E-state index contributed by atoms with van der Waals surface area (Å²) in [6.45, 7) is 3.89. The molecule has 1 fully saturated rings. The smallest absolute Gasteiger partial charge is 0.255 e. The third kappa shape index (κ3) is 2.80. The molecule has 0 aromatic carbocycles. The highest BCUT2D eigenvalue weighted by Gasteiger charge is 2.29. The summed E-state index contributed by atoms with van der Waals surface area (Å²) in [6.07, 6.45) is 8.80. The molecule has 122 valence electrons. The summed E-state index contributed by atoms with van der Waals surface area (Å²) in [5, 5.41) is 6.33. The van der Waals surface area contributed by atoms with E-state index in [1.54, 1.807) is 24.0 Å². The van der Waals surface area contributed by atoms with Gasteiger partial charge < -0.3 is 4.90 Å². The second-order valence-corrected chi connectivity index (χ2v) is 7.79. The first kappa shape index (κ1) is 14.9. The second kappa shape index (κ2) is 6.07. The maximum atomic E-state index is 13.0. The molecular formula is C17H22N4OS. The number of nitrogens with zero attached hydrogens (tertiary/aromatic N) is 4. The van der Waals surface area contributed by atoms with E-state index in [0.29, 0.717) is 0 Å². The SMILES string of the molecule is C[C@@H]1CCc2c(C(=O)N3CCC[C@H](n4cncn4)C3)csc2C1. The fraction of sp³-hybridized carbons (Fsp3) is 0.588. The van der Waals surface area contributed by atoms with Crippen LogP contribution < -0.4 is 0 Å². The van der Waals surface area contributed by atoms with Crippen molar-refractivity contribution in [3.8, 4) is 0 Å². The average molecular weight is 330 g/mol. The Balaban J connectivity index is 1.53. The van der Waals surface area contributed by atoms with Crippen LogP contribution in [0.4, 0.5) is 0 Å². The van der Waals surface area contributed by atoms with Gasteiger partial charge in [0.1, 0.15) is 12.7 Å². The van der Waals surface area contributed by atoms with Crippen LogP contribution in [0.25, 0.3) is 0 Å². The zero-order valence-electron chi connectivity index (χ0n) is 13.4. The van der Waals surface area contributed by atoms with Gasteiger partial charge in [-0.3, -0.25) is 4.79 Å². The van der Waals surface area contributed by atoms with Crippen LogP contribution >= 0.6 is 11.3 Å². The van der Waals surface area contributed by atoms with Gasteiger partial charge in [-0.05, 0) is 43.6 Å². The second-order valence-electron chi connectivity index (χ2n) is 6.82. The molecule has 1 aliphatic heterocycles. The lowest BCUT2D eigenvalue weighted by molar-refractivity contribution is 0.0672. The number of rotatable bonds is 2. The first-order valence-electron chi connectivity index (χ1n) is 8.45. The van der Waals surface area contributed by atoms with Crippen molar-refractivity contribution in [1.29, 1.82) is 0 Å². The molecule has 3 heterocycles. The summed E-state index contributed by atoms with van der Waals surface area (Å²) in [4.78, 5) is 20.5. The third-order valence-corrected chi connectivity index (χ3v) is 6.18. The third-order valence-electron chi connectivity index (χ3n) is 5.13. The average Bonchev–Trinajstić information content (AvgIpc) is 3.23. The predicted molar refractivity (Wildman–Crippen MR) is 89.7 cm³/mol. The molecule has 0 bridgehead atoms. The van der Waals surface area contributed by atoms with Crippen LogP contribution in [0.3, 0.4) is 0 Å². The lowest BCUT2D eigenvalue weighted by Gasteiger charge is -2.33. The lowest BCUT2D eigenvalue weighted by atomic mass is 9.88. The molecule has 0 saturated carbocycles. The number of fused-ring (bicyclic) bond motifs is 1. The van der Waals surface area contributed by atoms with Gasteiger partial charge >= 0.3 is 0 Å². The number of hydrogen-bond acceptors (Lipinski definition) is 4. The van der Waals surface area contributed by atoms with E-state index < -0.39 is 0 Å². The monoisotopic (exact) mass is 330 g/mol. The fourth-order valence-corrected chi connectivity index (χ4v) is 5.03. The molecule has 1 amide bonds. The van der Waals surface area contributed by atoms with Crippen molar-refractivity contribution in [2.75, 3.05) is 13.1 Å². The maximum absolute atomic E-state index is 13.0. The van der Waals surface area contributed by atoms with Crippen molar-refractivity contribution in [2.24, 2.45) is 5.92 Å². The van der Waals surface area contributed by atoms with Gasteiger partial charge in [0, 0.05) is 23.3 Å². The summed E-state index contributed by atoms with van der Waals surface area (Å²) >= 11 is 1.77. The van der Waals surface area contributed by atoms with Gasteiger partial charge in [0.05, 0.1) is 11.6 Å². The van der Waals surface area contributed by atoms with Crippen LogP contribution in [0.1, 0.15) is 53.0 Å². The zero-order valence-corrected chi connectivity index (χ0v) is 14.3. The van der Waals surface area contributed by atoms with Crippen LogP contribution in [0, 0.1) is 5.92 Å². The van der Waals surface area contributed by atoms with E-state index in [2.05, 4.69) is 22.4 Å². The molecule has 0 radical (unpaired) electrons. The lowest BCUT2D eigenvalue weighted by Crippen LogP contribution is -2.41. The van der Waals surface area contributed by atoms with E-state index >= 15 is 0 Å². The van der Waals surface area contributed by atoms with Gasteiger partial charge in [-0.15, -0.1) is 11.3 Å². The number of thiophene rings is 1. The van der Waals surface area contributed by atoms with Gasteiger partial charge in [0.15, 0.2) is 0 Å². The van der Waals surface area contributed by atoms with Crippen LogP contribution in [0.5, 0.6) is 0 Å². The van der Waals surface area contributed by atoms with E-state index in [4.69, 9.17) is 0 Å². The minimum atomic E-state index is 0.210. The summed E-state index contributed by atoms with van der Waals surface area (Å²) in [5.41, 5.74) is 2.28. The Hall–Kier alpha value is -1.69. The van der Waals surface area contributed by atoms with Gasteiger partial charge in [-0.25, -0.2) is 9.67 Å². The summed E-state index contributed by atoms with van der Waals surface area (Å²) in [7, 11) is 0. The van der Waals surface area contributed by atoms with E-state index in [1.165, 1.54) is 16.9 Å². The van der Waals surface area contributed by atoms with Gasteiger partial charge in [0.25, 0.3) is 5.91 Å². The van der Waals surface area contributed by atoms with E-state index in [9.17, 15) is 4.79 Å². The number of amides is 1. The standard InChI is InChI=1S/C17H22N4OS/c1-12-4-5-14-15(9-23-16(14)7-12)17(22)20-6-2-3-13(8-20)21-11-18-10-19-21/h9-13H,2-8H2,1H3/t12-,13+/m1/s1. The number of piperidine rings is 1. The van der Waals surface area contributed by atoms with Crippen molar-refractivity contribution in [3.05, 3.63) is 34.0 Å². The molecular weight excluding hydrogens is 308 g/mol. The zero-order chi connectivity index (χ0) is 15.8. The minimum absolute atomic E-state index is 0.210. The van der Waals surface area contributed by atoms with Crippen LogP contribution in [-0.4, -0.2) is 38.7 Å². The Morgan fingerprint density at radius 2 is 2.30 bits per heavy atom. The first-order valence-corrected chi connectivity index (χ1v) is 9.33. The number of aromatic nitrogens is 3.